The van der Waals surface area contributed by atoms with Gasteiger partial charge in [0.25, 0.3) is 0 Å². The summed E-state index contributed by atoms with van der Waals surface area (Å²) >= 11 is 1.56. The first-order valence-electron chi connectivity index (χ1n) is 8.63. The van der Waals surface area contributed by atoms with Gasteiger partial charge in [-0.05, 0) is 30.9 Å². The molecule has 0 amide bonds. The summed E-state index contributed by atoms with van der Waals surface area (Å²) in [6, 6.07) is 7.54. The molecule has 6 nitrogen and oxygen atoms in total. The molecular formula is C18H18FN5OS. The van der Waals surface area contributed by atoms with E-state index in [0.29, 0.717) is 17.7 Å². The Morgan fingerprint density at radius 1 is 1.27 bits per heavy atom. The molecular weight excluding hydrogens is 353 g/mol. The fraction of sp³-hybridized carbons (Fsp3) is 0.389. The van der Waals surface area contributed by atoms with Crippen LogP contribution in [0.4, 0.5) is 10.2 Å². The number of thioether (sulfide) groups is 1. The number of aromatic nitrogens is 3. The number of benzene rings is 1. The van der Waals surface area contributed by atoms with Crippen LogP contribution in [0.1, 0.15) is 12.1 Å². The molecule has 0 saturated carbocycles. The van der Waals surface area contributed by atoms with Gasteiger partial charge in [-0.1, -0.05) is 16.9 Å². The number of fused-ring (bicyclic) bond motifs is 3. The maximum Gasteiger partial charge on any atom is 0.189 e. The van der Waals surface area contributed by atoms with E-state index >= 15 is 0 Å². The van der Waals surface area contributed by atoms with Crippen molar-refractivity contribution in [2.24, 2.45) is 0 Å². The third-order valence-electron chi connectivity index (χ3n) is 5.31. The number of hydrogen-bond acceptors (Lipinski definition) is 7. The van der Waals surface area contributed by atoms with Crippen molar-refractivity contribution in [1.29, 1.82) is 0 Å². The lowest BCUT2D eigenvalue weighted by atomic mass is 9.87. The molecule has 26 heavy (non-hydrogen) atoms. The molecule has 0 radical (unpaired) electrons. The standard InChI is InChI=1S/C18H18FN5OS/c1-26-18-20-5-4-17(21-18)23-8-12-7-13(9-23)24(12)10-15-14-3-2-11(19)6-16(14)25-22-15/h2-6,12-13H,7-10H2,1H3. The average Bonchev–Trinajstić information content (AvgIpc) is 3.08. The number of nitrogens with zero attached hydrogens (tertiary/aromatic N) is 5. The highest BCUT2D eigenvalue weighted by Crippen LogP contribution is 2.36. The smallest absolute Gasteiger partial charge is 0.189 e. The highest BCUT2D eigenvalue weighted by molar-refractivity contribution is 7.98. The number of piperazine rings is 1. The molecule has 0 spiro atoms. The molecule has 0 N–H and O–H groups in total. The topological polar surface area (TPSA) is 58.3 Å². The van der Waals surface area contributed by atoms with Crippen molar-refractivity contribution in [2.75, 3.05) is 24.2 Å². The van der Waals surface area contributed by atoms with Gasteiger partial charge in [0, 0.05) is 49.4 Å². The van der Waals surface area contributed by atoms with Crippen LogP contribution in [0.25, 0.3) is 11.0 Å². The van der Waals surface area contributed by atoms with Crippen LogP contribution >= 0.6 is 11.8 Å². The van der Waals surface area contributed by atoms with Gasteiger partial charge < -0.3 is 9.42 Å². The van der Waals surface area contributed by atoms with Gasteiger partial charge >= 0.3 is 0 Å². The second-order valence-corrected chi connectivity index (χ2v) is 7.57. The van der Waals surface area contributed by atoms with E-state index in [0.717, 1.165) is 41.7 Å². The number of hydrogen-bond donors (Lipinski definition) is 0. The molecule has 3 aliphatic heterocycles. The molecule has 2 atom stereocenters. The van der Waals surface area contributed by atoms with E-state index in [1.807, 2.05) is 18.5 Å². The van der Waals surface area contributed by atoms with Crippen molar-refractivity contribution in [3.63, 3.8) is 0 Å². The van der Waals surface area contributed by atoms with E-state index in [-0.39, 0.29) is 5.82 Å². The summed E-state index contributed by atoms with van der Waals surface area (Å²) in [6.07, 6.45) is 5.01. The van der Waals surface area contributed by atoms with E-state index in [1.54, 1.807) is 17.8 Å². The van der Waals surface area contributed by atoms with Crippen LogP contribution in [-0.4, -0.2) is 51.5 Å². The van der Waals surface area contributed by atoms with Crippen LogP contribution in [0.15, 0.2) is 40.1 Å². The zero-order chi connectivity index (χ0) is 17.7. The fourth-order valence-corrected chi connectivity index (χ4v) is 4.34. The lowest BCUT2D eigenvalue weighted by Gasteiger charge is -2.56. The zero-order valence-electron chi connectivity index (χ0n) is 14.3. The summed E-state index contributed by atoms with van der Waals surface area (Å²) < 4.78 is 18.6. The van der Waals surface area contributed by atoms with Crippen molar-refractivity contribution in [2.45, 2.75) is 30.2 Å². The normalized spacial score (nSPS) is 22.6. The first kappa shape index (κ1) is 16.0. The van der Waals surface area contributed by atoms with Gasteiger partial charge in [-0.15, -0.1) is 0 Å². The molecule has 1 aromatic carbocycles. The summed E-state index contributed by atoms with van der Waals surface area (Å²) in [4.78, 5) is 13.7. The molecule has 3 aliphatic rings. The third-order valence-corrected chi connectivity index (χ3v) is 5.87. The Hall–Kier alpha value is -2.19. The molecule has 6 rings (SSSR count). The Morgan fingerprint density at radius 3 is 2.92 bits per heavy atom. The maximum absolute atomic E-state index is 13.3. The van der Waals surface area contributed by atoms with Gasteiger partial charge in [-0.25, -0.2) is 14.4 Å². The summed E-state index contributed by atoms with van der Waals surface area (Å²) in [6.45, 7) is 2.64. The molecule has 5 heterocycles. The van der Waals surface area contributed by atoms with Gasteiger partial charge in [0.05, 0.1) is 0 Å². The number of anilines is 1. The zero-order valence-corrected chi connectivity index (χ0v) is 15.1. The highest BCUT2D eigenvalue weighted by atomic mass is 32.2. The molecule has 2 bridgehead atoms. The second-order valence-electron chi connectivity index (χ2n) is 6.79. The molecule has 134 valence electrons. The van der Waals surface area contributed by atoms with Crippen LogP contribution in [-0.2, 0) is 6.54 Å². The van der Waals surface area contributed by atoms with E-state index in [1.165, 1.54) is 18.6 Å². The van der Waals surface area contributed by atoms with Crippen LogP contribution in [0, 0.1) is 5.82 Å². The van der Waals surface area contributed by atoms with Crippen molar-refractivity contribution in [1.82, 2.24) is 20.0 Å². The molecule has 3 saturated heterocycles. The van der Waals surface area contributed by atoms with Gasteiger partial charge in [0.1, 0.15) is 17.3 Å². The Kier molecular flexibility index (Phi) is 3.82. The predicted octanol–water partition coefficient (Wildman–Crippen LogP) is 2.94. The molecule has 2 aromatic heterocycles. The van der Waals surface area contributed by atoms with E-state index in [4.69, 9.17) is 4.52 Å². The Morgan fingerprint density at radius 2 is 2.12 bits per heavy atom. The lowest BCUT2D eigenvalue weighted by Crippen LogP contribution is -2.68. The van der Waals surface area contributed by atoms with Crippen LogP contribution in [0.3, 0.4) is 0 Å². The fourth-order valence-electron chi connectivity index (χ4n) is 3.99. The molecule has 3 fully saturated rings. The first-order chi connectivity index (χ1) is 12.7. The Bertz CT molecular complexity index is 952. The van der Waals surface area contributed by atoms with Gasteiger partial charge in [0.2, 0.25) is 0 Å². The molecule has 3 aromatic rings. The second kappa shape index (κ2) is 6.21. The first-order valence-corrected chi connectivity index (χ1v) is 9.85. The lowest BCUT2D eigenvalue weighted by molar-refractivity contribution is -0.0100. The minimum atomic E-state index is -0.300. The van der Waals surface area contributed by atoms with E-state index in [9.17, 15) is 4.39 Å². The minimum Gasteiger partial charge on any atom is -0.356 e. The van der Waals surface area contributed by atoms with Crippen LogP contribution in [0.5, 0.6) is 0 Å². The van der Waals surface area contributed by atoms with Crippen molar-refractivity contribution in [3.8, 4) is 0 Å². The van der Waals surface area contributed by atoms with Gasteiger partial charge in [-0.2, -0.15) is 0 Å². The molecule has 2 unspecified atom stereocenters. The predicted molar refractivity (Wildman–Crippen MR) is 97.7 cm³/mol. The number of rotatable bonds is 4. The van der Waals surface area contributed by atoms with Crippen molar-refractivity contribution >= 4 is 28.5 Å². The Balaban J connectivity index is 1.31. The monoisotopic (exact) mass is 371 g/mol. The average molecular weight is 371 g/mol. The number of piperidine rings is 1. The van der Waals surface area contributed by atoms with Crippen molar-refractivity contribution < 1.29 is 8.91 Å². The number of halogens is 1. The van der Waals surface area contributed by atoms with Gasteiger partial charge in [0.15, 0.2) is 10.7 Å². The third kappa shape index (κ3) is 2.64. The molecule has 0 aliphatic carbocycles. The maximum atomic E-state index is 13.3. The summed E-state index contributed by atoms with van der Waals surface area (Å²) in [5.41, 5.74) is 1.40. The van der Waals surface area contributed by atoms with E-state index in [2.05, 4.69) is 24.9 Å². The summed E-state index contributed by atoms with van der Waals surface area (Å²) in [7, 11) is 0. The summed E-state index contributed by atoms with van der Waals surface area (Å²) in [5, 5.41) is 5.87. The van der Waals surface area contributed by atoms with Crippen LogP contribution < -0.4 is 4.90 Å². The molecule has 8 heteroatoms. The van der Waals surface area contributed by atoms with Gasteiger partial charge in [-0.3, -0.25) is 4.90 Å². The highest BCUT2D eigenvalue weighted by Gasteiger charge is 2.45. The Labute approximate surface area is 154 Å². The van der Waals surface area contributed by atoms with Crippen molar-refractivity contribution in [3.05, 3.63) is 42.0 Å². The van der Waals surface area contributed by atoms with E-state index < -0.39 is 0 Å². The summed E-state index contributed by atoms with van der Waals surface area (Å²) in [5.74, 6) is 0.701. The SMILES string of the molecule is CSc1nccc(N2CC3CC(C2)N3Cc2noc3cc(F)ccc23)n1. The largest absolute Gasteiger partial charge is 0.356 e. The minimum absolute atomic E-state index is 0.300. The quantitative estimate of drug-likeness (QED) is 0.516. The van der Waals surface area contributed by atoms with Crippen LogP contribution in [0.2, 0.25) is 0 Å².